The van der Waals surface area contributed by atoms with E-state index in [1.54, 1.807) is 18.3 Å². The fourth-order valence-electron chi connectivity index (χ4n) is 2.22. The molecule has 6 nitrogen and oxygen atoms in total. The van der Waals surface area contributed by atoms with E-state index in [1.807, 2.05) is 27.7 Å². The van der Waals surface area contributed by atoms with Crippen molar-refractivity contribution in [3.63, 3.8) is 0 Å². The van der Waals surface area contributed by atoms with Crippen molar-refractivity contribution < 1.29 is 14.1 Å². The second-order valence-corrected chi connectivity index (χ2v) is 6.94. The van der Waals surface area contributed by atoms with Crippen LogP contribution in [0.3, 0.4) is 0 Å². The fraction of sp³-hybridized carbons (Fsp3) is 0.500. The van der Waals surface area contributed by atoms with Crippen LogP contribution in [0.5, 0.6) is 0 Å². The molecule has 136 valence electrons. The Morgan fingerprint density at radius 3 is 2.88 bits per heavy atom. The second kappa shape index (κ2) is 9.58. The Labute approximate surface area is 152 Å². The third kappa shape index (κ3) is 5.86. The third-order valence-electron chi connectivity index (χ3n) is 3.61. The molecule has 0 saturated carbocycles. The summed E-state index contributed by atoms with van der Waals surface area (Å²) in [4.78, 5) is 16.8. The Hall–Kier alpha value is -1.86. The van der Waals surface area contributed by atoms with Crippen molar-refractivity contribution >= 4 is 17.7 Å². The molecule has 1 amide bonds. The summed E-state index contributed by atoms with van der Waals surface area (Å²) in [7, 11) is 0. The zero-order valence-corrected chi connectivity index (χ0v) is 16.0. The van der Waals surface area contributed by atoms with Gasteiger partial charge in [0.25, 0.3) is 5.91 Å². The van der Waals surface area contributed by atoms with E-state index in [2.05, 4.69) is 15.5 Å². The lowest BCUT2D eigenvalue weighted by molar-refractivity contribution is 0.0756. The van der Waals surface area contributed by atoms with Crippen LogP contribution in [0.4, 0.5) is 0 Å². The summed E-state index contributed by atoms with van der Waals surface area (Å²) in [5.41, 5.74) is 2.51. The quantitative estimate of drug-likeness (QED) is 0.542. The van der Waals surface area contributed by atoms with Gasteiger partial charge in [-0.05, 0) is 46.2 Å². The molecule has 0 spiro atoms. The molecule has 0 unspecified atom stereocenters. The van der Waals surface area contributed by atoms with Crippen LogP contribution < -0.4 is 5.32 Å². The summed E-state index contributed by atoms with van der Waals surface area (Å²) in [6.45, 7) is 9.01. The summed E-state index contributed by atoms with van der Waals surface area (Å²) < 4.78 is 10.7. The van der Waals surface area contributed by atoms with Crippen LogP contribution in [0.25, 0.3) is 0 Å². The highest BCUT2D eigenvalue weighted by molar-refractivity contribution is 7.98. The predicted molar refractivity (Wildman–Crippen MR) is 97.8 cm³/mol. The SMILES string of the molecule is Cc1noc(C)c1CSc1ncccc1C(=O)NCCCOC(C)C. The van der Waals surface area contributed by atoms with Gasteiger partial charge in [0.2, 0.25) is 0 Å². The van der Waals surface area contributed by atoms with E-state index in [1.165, 1.54) is 11.8 Å². The molecule has 0 aliphatic rings. The minimum atomic E-state index is -0.112. The highest BCUT2D eigenvalue weighted by atomic mass is 32.2. The number of aryl methyl sites for hydroxylation is 2. The Kier molecular flexibility index (Phi) is 7.46. The molecule has 2 rings (SSSR count). The Morgan fingerprint density at radius 2 is 2.20 bits per heavy atom. The van der Waals surface area contributed by atoms with Crippen molar-refractivity contribution in [1.29, 1.82) is 0 Å². The molecule has 0 aliphatic carbocycles. The molecule has 2 heterocycles. The Morgan fingerprint density at radius 1 is 1.40 bits per heavy atom. The second-order valence-electron chi connectivity index (χ2n) is 5.98. The van der Waals surface area contributed by atoms with Gasteiger partial charge in [0, 0.05) is 30.7 Å². The fourth-order valence-corrected chi connectivity index (χ4v) is 3.36. The standard InChI is InChI=1S/C18H25N3O3S/c1-12(2)23-10-6-9-19-17(22)15-7-5-8-20-18(15)25-11-16-13(3)21-24-14(16)4/h5,7-8,12H,6,9-11H2,1-4H3,(H,19,22). The molecule has 25 heavy (non-hydrogen) atoms. The van der Waals surface area contributed by atoms with Gasteiger partial charge >= 0.3 is 0 Å². The van der Waals surface area contributed by atoms with Crippen LogP contribution >= 0.6 is 11.8 Å². The van der Waals surface area contributed by atoms with Gasteiger partial charge in [-0.1, -0.05) is 5.16 Å². The van der Waals surface area contributed by atoms with E-state index in [9.17, 15) is 4.79 Å². The number of hydrogen-bond acceptors (Lipinski definition) is 6. The molecule has 0 fully saturated rings. The van der Waals surface area contributed by atoms with E-state index >= 15 is 0 Å². The summed E-state index contributed by atoms with van der Waals surface area (Å²) >= 11 is 1.51. The molecule has 2 aromatic heterocycles. The topological polar surface area (TPSA) is 77.2 Å². The third-order valence-corrected chi connectivity index (χ3v) is 4.64. The Bertz CT molecular complexity index is 681. The van der Waals surface area contributed by atoms with Crippen molar-refractivity contribution in [2.24, 2.45) is 0 Å². The van der Waals surface area contributed by atoms with E-state index in [4.69, 9.17) is 9.26 Å². The van der Waals surface area contributed by atoms with Gasteiger partial charge < -0.3 is 14.6 Å². The molecule has 2 aromatic rings. The average Bonchev–Trinajstić information content (AvgIpc) is 2.90. The molecule has 0 saturated heterocycles. The van der Waals surface area contributed by atoms with Gasteiger partial charge in [0.05, 0.1) is 17.4 Å². The first-order chi connectivity index (χ1) is 12.0. The minimum absolute atomic E-state index is 0.112. The number of rotatable bonds is 9. The zero-order chi connectivity index (χ0) is 18.2. The first-order valence-electron chi connectivity index (χ1n) is 8.38. The van der Waals surface area contributed by atoms with Gasteiger partial charge in [0.15, 0.2) is 0 Å². The number of pyridine rings is 1. The van der Waals surface area contributed by atoms with E-state index in [-0.39, 0.29) is 12.0 Å². The van der Waals surface area contributed by atoms with Crippen LogP contribution in [0, 0.1) is 13.8 Å². The molecule has 0 aromatic carbocycles. The number of ether oxygens (including phenoxy) is 1. The maximum atomic E-state index is 12.4. The Balaban J connectivity index is 1.92. The monoisotopic (exact) mass is 363 g/mol. The van der Waals surface area contributed by atoms with Crippen molar-refractivity contribution in [3.05, 3.63) is 40.9 Å². The summed E-state index contributed by atoms with van der Waals surface area (Å²) in [5, 5.41) is 7.59. The first-order valence-corrected chi connectivity index (χ1v) is 9.37. The van der Waals surface area contributed by atoms with Crippen LogP contribution in [-0.4, -0.2) is 35.3 Å². The van der Waals surface area contributed by atoms with Gasteiger partial charge in [-0.15, -0.1) is 11.8 Å². The van der Waals surface area contributed by atoms with E-state index < -0.39 is 0 Å². The lowest BCUT2D eigenvalue weighted by Gasteiger charge is -2.10. The predicted octanol–water partition coefficient (Wildman–Crippen LogP) is 3.52. The smallest absolute Gasteiger partial charge is 0.254 e. The number of thioether (sulfide) groups is 1. The zero-order valence-electron chi connectivity index (χ0n) is 15.2. The number of hydrogen-bond donors (Lipinski definition) is 1. The van der Waals surface area contributed by atoms with Crippen LogP contribution in [0.2, 0.25) is 0 Å². The minimum Gasteiger partial charge on any atom is -0.379 e. The molecule has 0 bridgehead atoms. The first kappa shape index (κ1) is 19.5. The van der Waals surface area contributed by atoms with Crippen LogP contribution in [-0.2, 0) is 10.5 Å². The van der Waals surface area contributed by atoms with Crippen molar-refractivity contribution in [1.82, 2.24) is 15.5 Å². The molecule has 0 atom stereocenters. The van der Waals surface area contributed by atoms with Gasteiger partial charge in [0.1, 0.15) is 10.8 Å². The van der Waals surface area contributed by atoms with Crippen LogP contribution in [0.15, 0.2) is 27.9 Å². The van der Waals surface area contributed by atoms with Gasteiger partial charge in [-0.25, -0.2) is 4.98 Å². The molecule has 0 aliphatic heterocycles. The largest absolute Gasteiger partial charge is 0.379 e. The number of carbonyl (C=O) groups is 1. The lowest BCUT2D eigenvalue weighted by Crippen LogP contribution is -2.26. The molecule has 7 heteroatoms. The number of aromatic nitrogens is 2. The molecule has 0 radical (unpaired) electrons. The number of carbonyl (C=O) groups excluding carboxylic acids is 1. The molecular weight excluding hydrogens is 338 g/mol. The highest BCUT2D eigenvalue weighted by Gasteiger charge is 2.15. The summed E-state index contributed by atoms with van der Waals surface area (Å²) in [5.74, 6) is 1.36. The molecule has 1 N–H and O–H groups in total. The van der Waals surface area contributed by atoms with Crippen molar-refractivity contribution in [3.8, 4) is 0 Å². The van der Waals surface area contributed by atoms with E-state index in [0.717, 1.165) is 23.4 Å². The highest BCUT2D eigenvalue weighted by Crippen LogP contribution is 2.27. The van der Waals surface area contributed by atoms with E-state index in [0.29, 0.717) is 29.5 Å². The normalized spacial score (nSPS) is 11.1. The van der Waals surface area contributed by atoms with Crippen molar-refractivity contribution in [2.45, 2.75) is 51.0 Å². The number of nitrogens with one attached hydrogen (secondary N) is 1. The number of nitrogens with zero attached hydrogens (tertiary/aromatic N) is 2. The van der Waals surface area contributed by atoms with Gasteiger partial charge in [-0.3, -0.25) is 4.79 Å². The molecular formula is C18H25N3O3S. The maximum Gasteiger partial charge on any atom is 0.254 e. The average molecular weight is 363 g/mol. The number of amides is 1. The van der Waals surface area contributed by atoms with Crippen molar-refractivity contribution in [2.75, 3.05) is 13.2 Å². The maximum absolute atomic E-state index is 12.4. The summed E-state index contributed by atoms with van der Waals surface area (Å²) in [6.07, 6.45) is 2.69. The van der Waals surface area contributed by atoms with Gasteiger partial charge in [-0.2, -0.15) is 0 Å². The lowest BCUT2D eigenvalue weighted by atomic mass is 10.2. The summed E-state index contributed by atoms with van der Waals surface area (Å²) in [6, 6.07) is 3.57. The van der Waals surface area contributed by atoms with Crippen LogP contribution in [0.1, 0.15) is 47.6 Å².